The van der Waals surface area contributed by atoms with Gasteiger partial charge in [-0.2, -0.15) is 0 Å². The highest BCUT2D eigenvalue weighted by atomic mass is 127. The maximum atomic E-state index is 12.6. The third kappa shape index (κ3) is 5.72. The van der Waals surface area contributed by atoms with Gasteiger partial charge in [0.05, 0.1) is 5.56 Å². The maximum absolute atomic E-state index is 12.6. The Morgan fingerprint density at radius 1 is 1.09 bits per heavy atom. The lowest BCUT2D eigenvalue weighted by Crippen LogP contribution is -2.34. The van der Waals surface area contributed by atoms with Crippen LogP contribution in [0, 0.1) is 7.14 Å². The number of carbonyl (C=O) groups excluding carboxylic acids is 1. The van der Waals surface area contributed by atoms with E-state index in [4.69, 9.17) is 16.6 Å². The van der Waals surface area contributed by atoms with Crippen LogP contribution in [0.25, 0.3) is 22.6 Å². The molecular formula is C25H21I2N3O2S. The van der Waals surface area contributed by atoms with Crippen molar-refractivity contribution >= 4 is 85.2 Å². The molecule has 3 aromatic carbocycles. The Labute approximate surface area is 225 Å². The predicted molar refractivity (Wildman–Crippen MR) is 154 cm³/mol. The monoisotopic (exact) mass is 681 g/mol. The SMILES string of the molecule is CCC(C)c1ccc2oc(-c3ccc(NC(=S)NC(=O)c4cc(I)ccc4I)cc3)nc2c1. The van der Waals surface area contributed by atoms with Gasteiger partial charge in [0.1, 0.15) is 5.52 Å². The lowest BCUT2D eigenvalue weighted by atomic mass is 9.98. The van der Waals surface area contributed by atoms with Gasteiger partial charge in [-0.1, -0.05) is 19.9 Å². The lowest BCUT2D eigenvalue weighted by Gasteiger charge is -2.11. The predicted octanol–water partition coefficient (Wildman–Crippen LogP) is 7.34. The molecule has 0 fully saturated rings. The molecule has 8 heteroatoms. The number of oxazole rings is 1. The Morgan fingerprint density at radius 2 is 1.85 bits per heavy atom. The van der Waals surface area contributed by atoms with Crippen LogP contribution in [-0.2, 0) is 0 Å². The van der Waals surface area contributed by atoms with Crippen molar-refractivity contribution in [2.45, 2.75) is 26.2 Å². The number of amides is 1. The maximum Gasteiger partial charge on any atom is 0.258 e. The number of fused-ring (bicyclic) bond motifs is 1. The van der Waals surface area contributed by atoms with E-state index in [2.05, 4.69) is 86.8 Å². The van der Waals surface area contributed by atoms with Crippen LogP contribution in [0.5, 0.6) is 0 Å². The molecule has 4 rings (SSSR count). The van der Waals surface area contributed by atoms with Gasteiger partial charge in [-0.3, -0.25) is 10.1 Å². The smallest absolute Gasteiger partial charge is 0.258 e. The molecule has 1 aromatic heterocycles. The topological polar surface area (TPSA) is 67.2 Å². The van der Waals surface area contributed by atoms with E-state index in [9.17, 15) is 4.79 Å². The summed E-state index contributed by atoms with van der Waals surface area (Å²) in [7, 11) is 0. The van der Waals surface area contributed by atoms with Crippen molar-refractivity contribution in [1.29, 1.82) is 0 Å². The van der Waals surface area contributed by atoms with E-state index in [1.165, 1.54) is 5.56 Å². The first-order chi connectivity index (χ1) is 15.8. The van der Waals surface area contributed by atoms with Gasteiger partial charge < -0.3 is 9.73 Å². The molecule has 1 atom stereocenters. The molecule has 0 saturated carbocycles. The zero-order valence-corrected chi connectivity index (χ0v) is 23.1. The summed E-state index contributed by atoms with van der Waals surface area (Å²) in [6.45, 7) is 4.39. The van der Waals surface area contributed by atoms with E-state index >= 15 is 0 Å². The fourth-order valence-corrected chi connectivity index (χ4v) is 4.59. The standard InChI is InChI=1S/C25H21I2N3O2S/c1-3-14(2)16-6-11-22-21(12-16)29-24(32-22)15-4-8-18(9-5-15)28-25(33)30-23(31)19-13-17(26)7-10-20(19)27/h4-14H,3H2,1-2H3,(H2,28,30,31,33). The zero-order chi connectivity index (χ0) is 23.5. The number of rotatable bonds is 5. The van der Waals surface area contributed by atoms with E-state index in [-0.39, 0.29) is 11.0 Å². The zero-order valence-electron chi connectivity index (χ0n) is 18.0. The Morgan fingerprint density at radius 3 is 2.58 bits per heavy atom. The third-order valence-electron chi connectivity index (χ3n) is 5.38. The van der Waals surface area contributed by atoms with Crippen molar-refractivity contribution in [3.8, 4) is 11.5 Å². The minimum absolute atomic E-state index is 0.238. The van der Waals surface area contributed by atoms with E-state index in [0.29, 0.717) is 17.4 Å². The van der Waals surface area contributed by atoms with Crippen LogP contribution < -0.4 is 10.6 Å². The van der Waals surface area contributed by atoms with Crippen LogP contribution in [0.1, 0.15) is 42.1 Å². The van der Waals surface area contributed by atoms with Crippen molar-refractivity contribution in [2.24, 2.45) is 0 Å². The van der Waals surface area contributed by atoms with Gasteiger partial charge in [0, 0.05) is 18.4 Å². The Bertz CT molecular complexity index is 1340. The molecule has 4 aromatic rings. The summed E-state index contributed by atoms with van der Waals surface area (Å²) in [5.74, 6) is 0.815. The molecular weight excluding hydrogens is 660 g/mol. The molecule has 5 nitrogen and oxygen atoms in total. The number of thiocarbonyl (C=S) groups is 1. The number of hydrogen-bond acceptors (Lipinski definition) is 4. The number of halogens is 2. The second-order valence-corrected chi connectivity index (χ2v) is 10.5. The number of anilines is 1. The van der Waals surface area contributed by atoms with Crippen molar-refractivity contribution in [1.82, 2.24) is 10.3 Å². The van der Waals surface area contributed by atoms with Crippen molar-refractivity contribution < 1.29 is 9.21 Å². The lowest BCUT2D eigenvalue weighted by molar-refractivity contribution is 0.0977. The molecule has 0 aliphatic carbocycles. The summed E-state index contributed by atoms with van der Waals surface area (Å²) < 4.78 is 7.81. The van der Waals surface area contributed by atoms with Crippen molar-refractivity contribution in [2.75, 3.05) is 5.32 Å². The quantitative estimate of drug-likeness (QED) is 0.171. The Kier molecular flexibility index (Phi) is 7.65. The molecule has 1 unspecified atom stereocenters. The summed E-state index contributed by atoms with van der Waals surface area (Å²) in [5, 5.41) is 6.03. The molecule has 33 heavy (non-hydrogen) atoms. The Hall–Kier alpha value is -2.05. The number of aromatic nitrogens is 1. The molecule has 1 amide bonds. The first-order valence-corrected chi connectivity index (χ1v) is 13.0. The average Bonchev–Trinajstić information content (AvgIpc) is 3.23. The first kappa shape index (κ1) is 24.1. The van der Waals surface area contributed by atoms with Crippen molar-refractivity contribution in [3.63, 3.8) is 0 Å². The molecule has 0 spiro atoms. The number of hydrogen-bond donors (Lipinski definition) is 2. The third-order valence-corrected chi connectivity index (χ3v) is 7.20. The fraction of sp³-hybridized carbons (Fsp3) is 0.160. The fourth-order valence-electron chi connectivity index (χ4n) is 3.31. The van der Waals surface area contributed by atoms with Gasteiger partial charge in [0.25, 0.3) is 5.91 Å². The normalized spacial score (nSPS) is 11.9. The Balaban J connectivity index is 1.44. The first-order valence-electron chi connectivity index (χ1n) is 10.4. The van der Waals surface area contributed by atoms with E-state index in [1.54, 1.807) is 0 Å². The van der Waals surface area contributed by atoms with E-state index < -0.39 is 0 Å². The van der Waals surface area contributed by atoms with Gasteiger partial charge in [0.15, 0.2) is 10.7 Å². The second-order valence-electron chi connectivity index (χ2n) is 7.67. The van der Waals surface area contributed by atoms with Crippen LogP contribution in [0.4, 0.5) is 5.69 Å². The minimum atomic E-state index is -0.240. The average molecular weight is 681 g/mol. The van der Waals surface area contributed by atoms with Gasteiger partial charge in [-0.15, -0.1) is 0 Å². The van der Waals surface area contributed by atoms with Gasteiger partial charge in [0.2, 0.25) is 5.89 Å². The molecule has 0 aliphatic rings. The summed E-state index contributed by atoms with van der Waals surface area (Å²) in [6, 6.07) is 19.5. The van der Waals surface area contributed by atoms with Crippen LogP contribution >= 0.6 is 57.4 Å². The van der Waals surface area contributed by atoms with E-state index in [0.717, 1.165) is 35.9 Å². The molecule has 1 heterocycles. The molecule has 0 radical (unpaired) electrons. The van der Waals surface area contributed by atoms with E-state index in [1.807, 2.05) is 48.5 Å². The van der Waals surface area contributed by atoms with Gasteiger partial charge in [-0.05, 0) is 130 Å². The van der Waals surface area contributed by atoms with Gasteiger partial charge >= 0.3 is 0 Å². The largest absolute Gasteiger partial charge is 0.436 e. The number of benzene rings is 3. The van der Waals surface area contributed by atoms with Crippen LogP contribution in [-0.4, -0.2) is 16.0 Å². The van der Waals surface area contributed by atoms with Crippen LogP contribution in [0.2, 0.25) is 0 Å². The molecule has 0 aliphatic heterocycles. The van der Waals surface area contributed by atoms with Crippen LogP contribution in [0.15, 0.2) is 65.1 Å². The van der Waals surface area contributed by atoms with Gasteiger partial charge in [-0.25, -0.2) is 4.98 Å². The number of nitrogens with zero attached hydrogens (tertiary/aromatic N) is 1. The summed E-state index contributed by atoms with van der Waals surface area (Å²) in [4.78, 5) is 17.2. The van der Waals surface area contributed by atoms with Crippen molar-refractivity contribution in [3.05, 3.63) is 78.9 Å². The molecule has 2 N–H and O–H groups in total. The van der Waals surface area contributed by atoms with Crippen LogP contribution in [0.3, 0.4) is 0 Å². The second kappa shape index (κ2) is 10.5. The highest BCUT2D eigenvalue weighted by molar-refractivity contribution is 14.1. The minimum Gasteiger partial charge on any atom is -0.436 e. The number of carbonyl (C=O) groups is 1. The summed E-state index contributed by atoms with van der Waals surface area (Å²) in [5.41, 5.74) is 5.11. The molecule has 0 bridgehead atoms. The summed E-state index contributed by atoms with van der Waals surface area (Å²) in [6.07, 6.45) is 1.08. The number of nitrogens with one attached hydrogen (secondary N) is 2. The highest BCUT2D eigenvalue weighted by Crippen LogP contribution is 2.28. The molecule has 168 valence electrons. The summed E-state index contributed by atoms with van der Waals surface area (Å²) >= 11 is 9.64. The molecule has 0 saturated heterocycles. The highest BCUT2D eigenvalue weighted by Gasteiger charge is 2.13.